The number of hydrogen-bond donors (Lipinski definition) is 0. The van der Waals surface area contributed by atoms with Crippen molar-refractivity contribution < 1.29 is 57.2 Å². The first kappa shape index (κ1) is 73.3. The van der Waals surface area contributed by atoms with E-state index in [4.69, 9.17) is 28.4 Å². The van der Waals surface area contributed by atoms with E-state index in [1.165, 1.54) is 116 Å². The smallest absolute Gasteiger partial charge is 0.339 e. The fourth-order valence-corrected chi connectivity index (χ4v) is 8.23. The molecule has 0 N–H and O–H groups in total. The summed E-state index contributed by atoms with van der Waals surface area (Å²) in [4.78, 5) is 72.0. The molecule has 0 bridgehead atoms. The van der Waals surface area contributed by atoms with Gasteiger partial charge in [-0.3, -0.25) is 9.59 Å². The van der Waals surface area contributed by atoms with E-state index >= 15 is 0 Å². The van der Waals surface area contributed by atoms with Gasteiger partial charge in [0.2, 0.25) is 0 Å². The lowest BCUT2D eigenvalue weighted by atomic mass is 10.1. The van der Waals surface area contributed by atoms with E-state index in [2.05, 4.69) is 27.7 Å². The van der Waals surface area contributed by atoms with Crippen LogP contribution in [0, 0.1) is 0 Å². The molecule has 0 aromatic heterocycles. The molecule has 0 aliphatic heterocycles. The third kappa shape index (κ3) is 43.2. The van der Waals surface area contributed by atoms with Crippen molar-refractivity contribution in [2.45, 2.75) is 273 Å². The van der Waals surface area contributed by atoms with Crippen molar-refractivity contribution in [3.63, 3.8) is 0 Å². The number of rotatable bonds is 47. The van der Waals surface area contributed by atoms with Gasteiger partial charge >= 0.3 is 35.8 Å². The summed E-state index contributed by atoms with van der Waals surface area (Å²) in [6.45, 7) is 15.6. The largest absolute Gasteiger partial charge is 0.466 e. The molecule has 0 saturated heterocycles. The molecule has 0 spiro atoms. The fourth-order valence-electron chi connectivity index (χ4n) is 8.23. The highest BCUT2D eigenvalue weighted by Gasteiger charge is 2.20. The van der Waals surface area contributed by atoms with Crippen LogP contribution in [-0.2, 0) is 38.0 Å². The SMILES string of the molecule is CCCCCCCCOC(=O)CCCCCCCCC(=O)OCCCCCCCC.CCCCCCCCOC(=O)c1ccccc1C(=O)OCCCCCCCC.CCCCOC(=O)c1ccccc1C(=O)OCCCC. The summed E-state index contributed by atoms with van der Waals surface area (Å²) in [5.41, 5.74) is 1.12. The molecule has 12 heteroatoms. The number of hydrogen-bond acceptors (Lipinski definition) is 12. The Morgan fingerprint density at radius 2 is 0.436 bits per heavy atom. The van der Waals surface area contributed by atoms with Crippen LogP contribution in [0.25, 0.3) is 0 Å². The zero-order valence-electron chi connectivity index (χ0n) is 50.2. The maximum Gasteiger partial charge on any atom is 0.339 e. The number of carbonyl (C=O) groups is 6. The molecule has 0 aliphatic rings. The lowest BCUT2D eigenvalue weighted by Gasteiger charge is -2.10. The van der Waals surface area contributed by atoms with E-state index in [9.17, 15) is 28.8 Å². The zero-order chi connectivity index (χ0) is 57.4. The van der Waals surface area contributed by atoms with Gasteiger partial charge in [-0.05, 0) is 75.6 Å². The summed E-state index contributed by atoms with van der Waals surface area (Å²) in [7, 11) is 0. The van der Waals surface area contributed by atoms with E-state index < -0.39 is 23.9 Å². The average molecular weight is 1100 g/mol. The van der Waals surface area contributed by atoms with Crippen LogP contribution in [-0.4, -0.2) is 75.5 Å². The average Bonchev–Trinajstić information content (AvgIpc) is 3.46. The van der Waals surface area contributed by atoms with Crippen LogP contribution >= 0.6 is 0 Å². The van der Waals surface area contributed by atoms with Crippen molar-refractivity contribution >= 4 is 35.8 Å². The second-order valence-corrected chi connectivity index (χ2v) is 20.5. The summed E-state index contributed by atoms with van der Waals surface area (Å²) in [5, 5.41) is 0. The Morgan fingerprint density at radius 1 is 0.244 bits per heavy atom. The maximum absolute atomic E-state index is 12.4. The van der Waals surface area contributed by atoms with Crippen LogP contribution in [0.5, 0.6) is 0 Å². The molecule has 0 saturated carbocycles. The first-order valence-electron chi connectivity index (χ1n) is 31.3. The van der Waals surface area contributed by atoms with Crippen molar-refractivity contribution in [3.05, 3.63) is 70.8 Å². The minimum Gasteiger partial charge on any atom is -0.466 e. The first-order valence-corrected chi connectivity index (χ1v) is 31.3. The fraction of sp³-hybridized carbons (Fsp3) is 0.727. The Labute approximate surface area is 474 Å². The van der Waals surface area contributed by atoms with Gasteiger partial charge in [-0.25, -0.2) is 19.2 Å². The van der Waals surface area contributed by atoms with Gasteiger partial charge in [-0.15, -0.1) is 0 Å². The van der Waals surface area contributed by atoms with Gasteiger partial charge in [-0.2, -0.15) is 0 Å². The van der Waals surface area contributed by atoms with E-state index in [1.807, 2.05) is 13.8 Å². The van der Waals surface area contributed by atoms with E-state index in [0.29, 0.717) is 63.6 Å². The highest BCUT2D eigenvalue weighted by Crippen LogP contribution is 2.17. The quantitative estimate of drug-likeness (QED) is 0.0351. The van der Waals surface area contributed by atoms with Crippen molar-refractivity contribution in [3.8, 4) is 0 Å². The Bertz CT molecular complexity index is 1650. The van der Waals surface area contributed by atoms with Gasteiger partial charge in [0, 0.05) is 12.8 Å². The molecular formula is C66H110O12. The van der Waals surface area contributed by atoms with Crippen molar-refractivity contribution in [1.29, 1.82) is 0 Å². The third-order valence-electron chi connectivity index (χ3n) is 13.2. The number of esters is 6. The Balaban J connectivity index is 0.00000116. The Kier molecular flexibility index (Phi) is 52.2. The molecule has 0 amide bonds. The molecule has 2 rings (SSSR count). The molecular weight excluding hydrogens is 985 g/mol. The summed E-state index contributed by atoms with van der Waals surface area (Å²) in [5.74, 6) is -1.92. The van der Waals surface area contributed by atoms with E-state index in [0.717, 1.165) is 103 Å². The van der Waals surface area contributed by atoms with Crippen LogP contribution in [0.2, 0.25) is 0 Å². The van der Waals surface area contributed by atoms with Crippen LogP contribution in [0.3, 0.4) is 0 Å². The standard InChI is InChI=1S/C26H50O4.C24H38O4.C16H22O4/c1-3-5-7-9-15-19-23-29-25(27)21-17-13-11-12-14-18-22-26(28)30-24-20-16-10-8-6-4-2;1-3-5-7-9-11-15-19-27-23(25)21-17-13-14-18-22(21)24(26)28-20-16-12-10-8-6-4-2;1-3-5-11-19-15(17)13-9-7-8-10-14(13)16(18)20-12-6-4-2/h3-24H2,1-2H3;13-14,17-18H,3-12,15-16,19-20H2,1-2H3;7-10H,3-6,11-12H2,1-2H3. The molecule has 0 aliphatic carbocycles. The van der Waals surface area contributed by atoms with E-state index in [-0.39, 0.29) is 23.1 Å². The second kappa shape index (κ2) is 55.6. The lowest BCUT2D eigenvalue weighted by Crippen LogP contribution is -2.15. The molecule has 2 aromatic carbocycles. The maximum atomic E-state index is 12.4. The molecule has 0 atom stereocenters. The minimum atomic E-state index is -0.471. The third-order valence-corrected chi connectivity index (χ3v) is 13.2. The predicted molar refractivity (Wildman–Crippen MR) is 316 cm³/mol. The summed E-state index contributed by atoms with van der Waals surface area (Å²) >= 11 is 0. The molecule has 78 heavy (non-hydrogen) atoms. The summed E-state index contributed by atoms with van der Waals surface area (Å²) in [6.07, 6.45) is 39.0. The molecule has 0 radical (unpaired) electrons. The molecule has 2 aromatic rings. The van der Waals surface area contributed by atoms with Gasteiger partial charge < -0.3 is 28.4 Å². The number of benzene rings is 2. The second-order valence-electron chi connectivity index (χ2n) is 20.5. The zero-order valence-corrected chi connectivity index (χ0v) is 50.2. The Hall–Kier alpha value is -4.74. The van der Waals surface area contributed by atoms with Crippen molar-refractivity contribution in [2.24, 2.45) is 0 Å². The molecule has 0 unspecified atom stereocenters. The highest BCUT2D eigenvalue weighted by atomic mass is 16.6. The summed E-state index contributed by atoms with van der Waals surface area (Å²) < 4.78 is 31.6. The van der Waals surface area contributed by atoms with E-state index in [1.54, 1.807) is 48.5 Å². The van der Waals surface area contributed by atoms with Gasteiger partial charge in [0.1, 0.15) is 0 Å². The molecule has 446 valence electrons. The van der Waals surface area contributed by atoms with Crippen LogP contribution < -0.4 is 0 Å². The number of ether oxygens (including phenoxy) is 6. The minimum absolute atomic E-state index is 0.0448. The van der Waals surface area contributed by atoms with Crippen LogP contribution in [0.15, 0.2) is 48.5 Å². The number of carbonyl (C=O) groups excluding carboxylic acids is 6. The van der Waals surface area contributed by atoms with Crippen molar-refractivity contribution in [1.82, 2.24) is 0 Å². The molecule has 0 heterocycles. The van der Waals surface area contributed by atoms with Gasteiger partial charge in [0.25, 0.3) is 0 Å². The van der Waals surface area contributed by atoms with Gasteiger partial charge in [0.15, 0.2) is 0 Å². The van der Waals surface area contributed by atoms with Gasteiger partial charge in [-0.1, -0.05) is 233 Å². The highest BCUT2D eigenvalue weighted by molar-refractivity contribution is 6.03. The topological polar surface area (TPSA) is 158 Å². The normalized spacial score (nSPS) is 10.6. The lowest BCUT2D eigenvalue weighted by molar-refractivity contribution is -0.144. The summed E-state index contributed by atoms with van der Waals surface area (Å²) in [6, 6.07) is 13.3. The van der Waals surface area contributed by atoms with Gasteiger partial charge in [0.05, 0.1) is 61.9 Å². The predicted octanol–water partition coefficient (Wildman–Crippen LogP) is 18.2. The van der Waals surface area contributed by atoms with Crippen molar-refractivity contribution in [2.75, 3.05) is 39.6 Å². The Morgan fingerprint density at radius 3 is 0.679 bits per heavy atom. The van der Waals surface area contributed by atoms with Crippen LogP contribution in [0.1, 0.15) is 314 Å². The monoisotopic (exact) mass is 1090 g/mol. The first-order chi connectivity index (χ1) is 38.1. The molecule has 12 nitrogen and oxygen atoms in total. The number of unbranched alkanes of at least 4 members (excludes halogenated alkanes) is 27. The molecule has 0 fully saturated rings. The van der Waals surface area contributed by atoms with Crippen LogP contribution in [0.4, 0.5) is 0 Å².